The molecule has 0 saturated heterocycles. The minimum absolute atomic E-state index is 0.396. The van der Waals surface area contributed by atoms with Gasteiger partial charge in [0.2, 0.25) is 0 Å². The van der Waals surface area contributed by atoms with Gasteiger partial charge >= 0.3 is 5.91 Å². The molecule has 3 rings (SSSR count). The molecule has 5 nitrogen and oxygen atoms in total. The Labute approximate surface area is 121 Å². The number of rotatable bonds is 3. The standard InChI is InChI=1S/C16H13NO4/c1-20-10-7-8-14(21-2)13(9-10)17-12-6-4-3-5-11(12)15(18)16(17)19/h3-9H,1-2H3. The van der Waals surface area contributed by atoms with Crippen molar-refractivity contribution in [1.82, 2.24) is 0 Å². The number of Topliss-reactive ketones (excluding diaryl/α,β-unsaturated/α-hetero) is 1. The van der Waals surface area contributed by atoms with Gasteiger partial charge in [-0.05, 0) is 24.3 Å². The molecule has 1 aliphatic rings. The molecule has 0 radical (unpaired) electrons. The first-order valence-electron chi connectivity index (χ1n) is 6.37. The summed E-state index contributed by atoms with van der Waals surface area (Å²) in [6.07, 6.45) is 0. The summed E-state index contributed by atoms with van der Waals surface area (Å²) in [5.41, 5.74) is 1.44. The Bertz CT molecular complexity index is 739. The van der Waals surface area contributed by atoms with E-state index in [1.165, 1.54) is 19.1 Å². The minimum Gasteiger partial charge on any atom is -0.497 e. The van der Waals surface area contributed by atoms with E-state index < -0.39 is 11.7 Å². The van der Waals surface area contributed by atoms with Gasteiger partial charge in [-0.1, -0.05) is 12.1 Å². The summed E-state index contributed by atoms with van der Waals surface area (Å²) in [7, 11) is 3.05. The highest BCUT2D eigenvalue weighted by molar-refractivity contribution is 6.53. The van der Waals surface area contributed by atoms with Crippen molar-refractivity contribution in [2.24, 2.45) is 0 Å². The van der Waals surface area contributed by atoms with Crippen molar-refractivity contribution in [2.45, 2.75) is 0 Å². The highest BCUT2D eigenvalue weighted by Gasteiger charge is 2.37. The molecule has 2 aromatic rings. The van der Waals surface area contributed by atoms with Crippen molar-refractivity contribution in [2.75, 3.05) is 19.1 Å². The largest absolute Gasteiger partial charge is 0.497 e. The van der Waals surface area contributed by atoms with E-state index in [9.17, 15) is 9.59 Å². The maximum Gasteiger partial charge on any atom is 0.304 e. The van der Waals surface area contributed by atoms with Gasteiger partial charge in [0.15, 0.2) is 0 Å². The summed E-state index contributed by atoms with van der Waals surface area (Å²) >= 11 is 0. The second-order valence-electron chi connectivity index (χ2n) is 4.52. The van der Waals surface area contributed by atoms with Gasteiger partial charge in [-0.3, -0.25) is 14.5 Å². The summed E-state index contributed by atoms with van der Waals surface area (Å²) in [6.45, 7) is 0. The molecule has 1 aliphatic heterocycles. The van der Waals surface area contributed by atoms with Crippen molar-refractivity contribution in [3.63, 3.8) is 0 Å². The smallest absolute Gasteiger partial charge is 0.304 e. The number of para-hydroxylation sites is 1. The minimum atomic E-state index is -0.595. The van der Waals surface area contributed by atoms with Crippen LogP contribution in [0, 0.1) is 0 Å². The van der Waals surface area contributed by atoms with E-state index in [1.807, 2.05) is 0 Å². The number of anilines is 2. The maximum atomic E-state index is 12.3. The zero-order chi connectivity index (χ0) is 15.0. The highest BCUT2D eigenvalue weighted by atomic mass is 16.5. The molecule has 106 valence electrons. The molecule has 1 heterocycles. The molecule has 1 amide bonds. The molecule has 0 aromatic heterocycles. The van der Waals surface area contributed by atoms with Crippen LogP contribution in [0.15, 0.2) is 42.5 Å². The number of carbonyl (C=O) groups excluding carboxylic acids is 2. The fraction of sp³-hybridized carbons (Fsp3) is 0.125. The van der Waals surface area contributed by atoms with Crippen LogP contribution >= 0.6 is 0 Å². The second-order valence-corrected chi connectivity index (χ2v) is 4.52. The fourth-order valence-corrected chi connectivity index (χ4v) is 2.40. The Kier molecular flexibility index (Phi) is 3.10. The number of ether oxygens (including phenoxy) is 2. The summed E-state index contributed by atoms with van der Waals surface area (Å²) < 4.78 is 10.5. The van der Waals surface area contributed by atoms with Crippen LogP contribution in [0.1, 0.15) is 10.4 Å². The lowest BCUT2D eigenvalue weighted by Crippen LogP contribution is -2.25. The van der Waals surface area contributed by atoms with Crippen molar-refractivity contribution < 1.29 is 19.1 Å². The van der Waals surface area contributed by atoms with Crippen LogP contribution in [0.4, 0.5) is 11.4 Å². The van der Waals surface area contributed by atoms with Crippen LogP contribution in [-0.4, -0.2) is 25.9 Å². The Balaban J connectivity index is 2.21. The molecule has 0 unspecified atom stereocenters. The van der Waals surface area contributed by atoms with Crippen LogP contribution in [-0.2, 0) is 4.79 Å². The van der Waals surface area contributed by atoms with E-state index in [-0.39, 0.29) is 0 Å². The molecule has 0 fully saturated rings. The van der Waals surface area contributed by atoms with E-state index in [1.54, 1.807) is 42.5 Å². The van der Waals surface area contributed by atoms with Crippen LogP contribution in [0.3, 0.4) is 0 Å². The number of nitrogens with zero attached hydrogens (tertiary/aromatic N) is 1. The maximum absolute atomic E-state index is 12.3. The average Bonchev–Trinajstić information content (AvgIpc) is 2.78. The van der Waals surface area contributed by atoms with Crippen LogP contribution < -0.4 is 14.4 Å². The number of amides is 1. The monoisotopic (exact) mass is 283 g/mol. The second kappa shape index (κ2) is 4.94. The van der Waals surface area contributed by atoms with Crippen molar-refractivity contribution in [1.29, 1.82) is 0 Å². The van der Waals surface area contributed by atoms with Crippen molar-refractivity contribution in [3.8, 4) is 11.5 Å². The van der Waals surface area contributed by atoms with Gasteiger partial charge in [0.25, 0.3) is 5.78 Å². The van der Waals surface area contributed by atoms with Crippen LogP contribution in [0.5, 0.6) is 11.5 Å². The Morgan fingerprint density at radius 2 is 1.67 bits per heavy atom. The summed E-state index contributed by atoms with van der Waals surface area (Å²) in [5, 5.41) is 0. The predicted octanol–water partition coefficient (Wildman–Crippen LogP) is 2.56. The van der Waals surface area contributed by atoms with E-state index in [4.69, 9.17) is 9.47 Å². The molecule has 0 aliphatic carbocycles. The molecular formula is C16H13NO4. The zero-order valence-corrected chi connectivity index (χ0v) is 11.6. The third-order valence-electron chi connectivity index (χ3n) is 3.41. The Hall–Kier alpha value is -2.82. The first-order chi connectivity index (χ1) is 10.2. The van der Waals surface area contributed by atoms with Gasteiger partial charge in [-0.15, -0.1) is 0 Å². The third kappa shape index (κ3) is 1.94. The first kappa shape index (κ1) is 13.2. The van der Waals surface area contributed by atoms with E-state index in [2.05, 4.69) is 0 Å². The third-order valence-corrected chi connectivity index (χ3v) is 3.41. The van der Waals surface area contributed by atoms with Gasteiger partial charge in [0.1, 0.15) is 11.5 Å². The van der Waals surface area contributed by atoms with Gasteiger partial charge < -0.3 is 9.47 Å². The van der Waals surface area contributed by atoms with Crippen molar-refractivity contribution >= 4 is 23.1 Å². The molecule has 0 saturated carbocycles. The highest BCUT2D eigenvalue weighted by Crippen LogP contribution is 2.41. The Morgan fingerprint density at radius 3 is 2.38 bits per heavy atom. The summed E-state index contributed by atoms with van der Waals surface area (Å²) in [4.78, 5) is 25.7. The summed E-state index contributed by atoms with van der Waals surface area (Å²) in [5.74, 6) is -0.0395. The van der Waals surface area contributed by atoms with E-state index in [0.717, 1.165) is 0 Å². The molecular weight excluding hydrogens is 270 g/mol. The van der Waals surface area contributed by atoms with Crippen LogP contribution in [0.2, 0.25) is 0 Å². The normalized spacial score (nSPS) is 13.3. The average molecular weight is 283 g/mol. The van der Waals surface area contributed by atoms with Gasteiger partial charge in [-0.2, -0.15) is 0 Å². The van der Waals surface area contributed by atoms with Gasteiger partial charge in [-0.25, -0.2) is 0 Å². The summed E-state index contributed by atoms with van der Waals surface area (Å²) in [6, 6.07) is 12.0. The number of benzene rings is 2. The topological polar surface area (TPSA) is 55.8 Å². The lowest BCUT2D eigenvalue weighted by Gasteiger charge is -2.20. The number of methoxy groups -OCH3 is 2. The zero-order valence-electron chi connectivity index (χ0n) is 11.6. The molecule has 0 N–H and O–H groups in total. The Morgan fingerprint density at radius 1 is 0.905 bits per heavy atom. The van der Waals surface area contributed by atoms with Gasteiger partial charge in [0.05, 0.1) is 31.2 Å². The van der Waals surface area contributed by atoms with Crippen LogP contribution in [0.25, 0.3) is 0 Å². The lowest BCUT2D eigenvalue weighted by atomic mass is 10.1. The molecule has 0 atom stereocenters. The quantitative estimate of drug-likeness (QED) is 0.812. The molecule has 21 heavy (non-hydrogen) atoms. The number of hydrogen-bond acceptors (Lipinski definition) is 4. The SMILES string of the molecule is COc1ccc(OC)c(N2C(=O)C(=O)c3ccccc32)c1. The number of fused-ring (bicyclic) bond motifs is 1. The number of hydrogen-bond donors (Lipinski definition) is 0. The number of carbonyl (C=O) groups is 2. The molecule has 0 spiro atoms. The van der Waals surface area contributed by atoms with Crippen molar-refractivity contribution in [3.05, 3.63) is 48.0 Å². The predicted molar refractivity (Wildman–Crippen MR) is 77.5 cm³/mol. The number of ketones is 1. The fourth-order valence-electron chi connectivity index (χ4n) is 2.40. The first-order valence-corrected chi connectivity index (χ1v) is 6.37. The molecule has 5 heteroatoms. The molecule has 2 aromatic carbocycles. The van der Waals surface area contributed by atoms with E-state index in [0.29, 0.717) is 28.4 Å². The van der Waals surface area contributed by atoms with E-state index >= 15 is 0 Å². The van der Waals surface area contributed by atoms with Gasteiger partial charge in [0, 0.05) is 6.07 Å². The lowest BCUT2D eigenvalue weighted by molar-refractivity contribution is -0.113. The molecule has 0 bridgehead atoms.